The topological polar surface area (TPSA) is 76.7 Å². The van der Waals surface area contributed by atoms with Crippen molar-refractivity contribution in [3.63, 3.8) is 0 Å². The Morgan fingerprint density at radius 3 is 2.69 bits per heavy atom. The van der Waals surface area contributed by atoms with Gasteiger partial charge >= 0.3 is 0 Å². The van der Waals surface area contributed by atoms with Gasteiger partial charge in [-0.25, -0.2) is 4.39 Å². The zero-order valence-electron chi connectivity index (χ0n) is 16.3. The van der Waals surface area contributed by atoms with Crippen LogP contribution < -0.4 is 15.4 Å². The van der Waals surface area contributed by atoms with Gasteiger partial charge in [0.25, 0.3) is 11.8 Å². The standard InChI is InChI=1S/C22H25FN2O4/c1-2-19(29-20-12-6-4-10-17(20)23)22(27)25-18-11-5-3-9-16(18)21(26)24-14-15-8-7-13-28-15/h3-6,9-12,15,19H,2,7-8,13-14H2,1H3,(H,24,26)(H,25,27)/t15-,19-/m1/s1. The molecule has 1 saturated heterocycles. The van der Waals surface area contributed by atoms with Crippen molar-refractivity contribution < 1.29 is 23.5 Å². The summed E-state index contributed by atoms with van der Waals surface area (Å²) in [4.78, 5) is 25.3. The van der Waals surface area contributed by atoms with Gasteiger partial charge in [-0.1, -0.05) is 31.2 Å². The molecule has 2 atom stereocenters. The summed E-state index contributed by atoms with van der Waals surface area (Å²) in [7, 11) is 0. The Hall–Kier alpha value is -2.93. The van der Waals surface area contributed by atoms with Crippen LogP contribution in [0.4, 0.5) is 10.1 Å². The lowest BCUT2D eigenvalue weighted by molar-refractivity contribution is -0.122. The lowest BCUT2D eigenvalue weighted by atomic mass is 10.1. The van der Waals surface area contributed by atoms with E-state index in [4.69, 9.17) is 9.47 Å². The summed E-state index contributed by atoms with van der Waals surface area (Å²) in [6.07, 6.45) is 1.39. The van der Waals surface area contributed by atoms with E-state index >= 15 is 0 Å². The number of carbonyl (C=O) groups is 2. The number of hydrogen-bond donors (Lipinski definition) is 2. The number of benzene rings is 2. The number of nitrogens with one attached hydrogen (secondary N) is 2. The van der Waals surface area contributed by atoms with Gasteiger partial charge in [0, 0.05) is 13.2 Å². The third kappa shape index (κ3) is 5.54. The maximum Gasteiger partial charge on any atom is 0.265 e. The van der Waals surface area contributed by atoms with Gasteiger partial charge < -0.3 is 20.1 Å². The van der Waals surface area contributed by atoms with E-state index in [1.807, 2.05) is 0 Å². The van der Waals surface area contributed by atoms with Crippen LogP contribution in [0.15, 0.2) is 48.5 Å². The van der Waals surface area contributed by atoms with Crippen molar-refractivity contribution in [3.8, 4) is 5.75 Å². The molecule has 1 aliphatic rings. The van der Waals surface area contributed by atoms with E-state index in [1.165, 1.54) is 12.1 Å². The highest BCUT2D eigenvalue weighted by atomic mass is 19.1. The summed E-state index contributed by atoms with van der Waals surface area (Å²) >= 11 is 0. The van der Waals surface area contributed by atoms with E-state index in [0.717, 1.165) is 12.8 Å². The molecule has 154 valence electrons. The fourth-order valence-electron chi connectivity index (χ4n) is 3.13. The van der Waals surface area contributed by atoms with Crippen molar-refractivity contribution in [1.29, 1.82) is 0 Å². The van der Waals surface area contributed by atoms with Crippen LogP contribution in [0.5, 0.6) is 5.75 Å². The molecule has 1 aliphatic heterocycles. The van der Waals surface area contributed by atoms with Gasteiger partial charge in [-0.3, -0.25) is 9.59 Å². The number of ether oxygens (including phenoxy) is 2. The SMILES string of the molecule is CC[C@@H](Oc1ccccc1F)C(=O)Nc1ccccc1C(=O)NC[C@H]1CCCO1. The van der Waals surface area contributed by atoms with Crippen LogP contribution in [0.2, 0.25) is 0 Å². The average molecular weight is 400 g/mol. The lowest BCUT2D eigenvalue weighted by Crippen LogP contribution is -2.35. The van der Waals surface area contributed by atoms with Crippen LogP contribution in [0.3, 0.4) is 0 Å². The molecule has 2 N–H and O–H groups in total. The van der Waals surface area contributed by atoms with Crippen molar-refractivity contribution >= 4 is 17.5 Å². The molecule has 1 heterocycles. The minimum absolute atomic E-state index is 0.0112. The Morgan fingerprint density at radius 2 is 1.97 bits per heavy atom. The number of para-hydroxylation sites is 2. The molecule has 7 heteroatoms. The van der Waals surface area contributed by atoms with Crippen molar-refractivity contribution in [2.24, 2.45) is 0 Å². The predicted octanol–water partition coefficient (Wildman–Crippen LogP) is 3.53. The third-order valence-corrected chi connectivity index (χ3v) is 4.71. The molecule has 2 aromatic carbocycles. The molecular formula is C22H25FN2O4. The lowest BCUT2D eigenvalue weighted by Gasteiger charge is -2.19. The number of hydrogen-bond acceptors (Lipinski definition) is 4. The summed E-state index contributed by atoms with van der Waals surface area (Å²) in [6, 6.07) is 12.7. The second-order valence-corrected chi connectivity index (χ2v) is 6.83. The van der Waals surface area contributed by atoms with E-state index < -0.39 is 17.8 Å². The largest absolute Gasteiger partial charge is 0.478 e. The van der Waals surface area contributed by atoms with Crippen molar-refractivity contribution in [2.45, 2.75) is 38.4 Å². The molecule has 29 heavy (non-hydrogen) atoms. The Morgan fingerprint density at radius 1 is 1.21 bits per heavy atom. The number of rotatable bonds is 8. The highest BCUT2D eigenvalue weighted by molar-refractivity contribution is 6.04. The average Bonchev–Trinajstić information content (AvgIpc) is 3.25. The normalized spacial score (nSPS) is 16.8. The van der Waals surface area contributed by atoms with Crippen molar-refractivity contribution in [3.05, 3.63) is 59.9 Å². The van der Waals surface area contributed by atoms with Crippen LogP contribution >= 0.6 is 0 Å². The maximum absolute atomic E-state index is 13.8. The van der Waals surface area contributed by atoms with E-state index in [1.54, 1.807) is 43.3 Å². The van der Waals surface area contributed by atoms with Crippen LogP contribution in [0.25, 0.3) is 0 Å². The van der Waals surface area contributed by atoms with Gasteiger partial charge in [-0.05, 0) is 43.5 Å². The molecule has 0 aliphatic carbocycles. The molecule has 6 nitrogen and oxygen atoms in total. The van der Waals surface area contributed by atoms with Gasteiger partial charge in [0.2, 0.25) is 0 Å². The zero-order chi connectivity index (χ0) is 20.6. The van der Waals surface area contributed by atoms with Gasteiger partial charge in [0.05, 0.1) is 17.4 Å². The highest BCUT2D eigenvalue weighted by Gasteiger charge is 2.23. The second-order valence-electron chi connectivity index (χ2n) is 6.83. The van der Waals surface area contributed by atoms with Crippen LogP contribution in [0, 0.1) is 5.82 Å². The van der Waals surface area contributed by atoms with Crippen LogP contribution in [-0.2, 0) is 9.53 Å². The number of anilines is 1. The minimum Gasteiger partial charge on any atom is -0.478 e. The van der Waals surface area contributed by atoms with Gasteiger partial charge in [-0.15, -0.1) is 0 Å². The van der Waals surface area contributed by atoms with E-state index in [2.05, 4.69) is 10.6 Å². The molecule has 2 amide bonds. The molecule has 1 fully saturated rings. The Balaban J connectivity index is 1.66. The minimum atomic E-state index is -0.894. The number of halogens is 1. The van der Waals surface area contributed by atoms with E-state index in [0.29, 0.717) is 30.8 Å². The molecule has 0 aromatic heterocycles. The zero-order valence-corrected chi connectivity index (χ0v) is 16.3. The molecule has 0 radical (unpaired) electrons. The molecule has 0 saturated carbocycles. The second kappa shape index (κ2) is 10.0. The smallest absolute Gasteiger partial charge is 0.265 e. The third-order valence-electron chi connectivity index (χ3n) is 4.71. The summed E-state index contributed by atoms with van der Waals surface area (Å²) in [6.45, 7) is 2.91. The highest BCUT2D eigenvalue weighted by Crippen LogP contribution is 2.20. The maximum atomic E-state index is 13.8. The van der Waals surface area contributed by atoms with Crippen LogP contribution in [0.1, 0.15) is 36.5 Å². The summed E-state index contributed by atoms with van der Waals surface area (Å²) in [5.74, 6) is -1.26. The quantitative estimate of drug-likeness (QED) is 0.711. The molecule has 0 spiro atoms. The molecule has 0 bridgehead atoms. The molecular weight excluding hydrogens is 375 g/mol. The van der Waals surface area contributed by atoms with Crippen molar-refractivity contribution in [2.75, 3.05) is 18.5 Å². The van der Waals surface area contributed by atoms with E-state index in [-0.39, 0.29) is 17.8 Å². The van der Waals surface area contributed by atoms with Crippen LogP contribution in [-0.4, -0.2) is 37.2 Å². The molecule has 0 unspecified atom stereocenters. The monoisotopic (exact) mass is 400 g/mol. The Kier molecular flexibility index (Phi) is 7.19. The summed E-state index contributed by atoms with van der Waals surface area (Å²) in [5.41, 5.74) is 0.720. The van der Waals surface area contributed by atoms with Gasteiger partial charge in [-0.2, -0.15) is 0 Å². The van der Waals surface area contributed by atoms with Gasteiger partial charge in [0.1, 0.15) is 0 Å². The first-order valence-electron chi connectivity index (χ1n) is 9.79. The summed E-state index contributed by atoms with van der Waals surface area (Å²) < 4.78 is 24.9. The molecule has 2 aromatic rings. The van der Waals surface area contributed by atoms with Crippen molar-refractivity contribution in [1.82, 2.24) is 5.32 Å². The Labute approximate surface area is 169 Å². The fraction of sp³-hybridized carbons (Fsp3) is 0.364. The number of amides is 2. The predicted molar refractivity (Wildman–Crippen MR) is 107 cm³/mol. The molecule has 3 rings (SSSR count). The first-order chi connectivity index (χ1) is 14.1. The summed E-state index contributed by atoms with van der Waals surface area (Å²) in [5, 5.41) is 5.58. The first kappa shape index (κ1) is 20.8. The van der Waals surface area contributed by atoms with E-state index in [9.17, 15) is 14.0 Å². The first-order valence-corrected chi connectivity index (χ1v) is 9.79. The van der Waals surface area contributed by atoms with Gasteiger partial charge in [0.15, 0.2) is 17.7 Å². The fourth-order valence-corrected chi connectivity index (χ4v) is 3.13. The number of carbonyl (C=O) groups excluding carboxylic acids is 2. The Bertz CT molecular complexity index is 852.